The smallest absolute Gasteiger partial charge is 0.309 e. The normalized spacial score (nSPS) is 10.0. The van der Waals surface area contributed by atoms with Crippen LogP contribution in [0.15, 0.2) is 22.7 Å². The highest BCUT2D eigenvalue weighted by atomic mass is 16.6. The molecule has 1 heterocycles. The third-order valence-electron chi connectivity index (χ3n) is 2.56. The number of nitriles is 1. The lowest BCUT2D eigenvalue weighted by atomic mass is 10.1. The highest BCUT2D eigenvalue weighted by Gasteiger charge is 2.19. The van der Waals surface area contributed by atoms with Crippen molar-refractivity contribution in [1.29, 1.82) is 5.26 Å². The zero-order chi connectivity index (χ0) is 14.5. The first-order valence-electron chi connectivity index (χ1n) is 5.82. The summed E-state index contributed by atoms with van der Waals surface area (Å²) in [5, 5.41) is 26.5. The average molecular weight is 273 g/mol. The van der Waals surface area contributed by atoms with Gasteiger partial charge in [-0.3, -0.25) is 10.1 Å². The first kappa shape index (κ1) is 13.5. The molecular formula is C12H11N5O3. The Kier molecular flexibility index (Phi) is 3.91. The van der Waals surface area contributed by atoms with Gasteiger partial charge in [-0.1, -0.05) is 11.2 Å². The average Bonchev–Trinajstić information content (AvgIpc) is 2.83. The zero-order valence-electron chi connectivity index (χ0n) is 10.7. The summed E-state index contributed by atoms with van der Waals surface area (Å²) < 4.78 is 4.94. The van der Waals surface area contributed by atoms with Crippen molar-refractivity contribution in [2.24, 2.45) is 0 Å². The van der Waals surface area contributed by atoms with Gasteiger partial charge in [0.2, 0.25) is 5.89 Å². The summed E-state index contributed by atoms with van der Waals surface area (Å²) in [6.45, 7) is 2.10. The lowest BCUT2D eigenvalue weighted by Gasteiger charge is -2.06. The Morgan fingerprint density at radius 3 is 2.95 bits per heavy atom. The highest BCUT2D eigenvalue weighted by Crippen LogP contribution is 2.27. The van der Waals surface area contributed by atoms with E-state index >= 15 is 0 Å². The minimum atomic E-state index is -0.572. The molecule has 8 heteroatoms. The van der Waals surface area contributed by atoms with Gasteiger partial charge in [0.05, 0.1) is 4.92 Å². The molecule has 8 nitrogen and oxygen atoms in total. The van der Waals surface area contributed by atoms with Gasteiger partial charge in [-0.25, -0.2) is 0 Å². The van der Waals surface area contributed by atoms with Gasteiger partial charge in [0.25, 0.3) is 0 Å². The fourth-order valence-corrected chi connectivity index (χ4v) is 1.72. The van der Waals surface area contributed by atoms with Crippen LogP contribution in [0.25, 0.3) is 0 Å². The molecule has 1 aromatic heterocycles. The van der Waals surface area contributed by atoms with Gasteiger partial charge in [-0.2, -0.15) is 10.2 Å². The molecule has 1 N–H and O–H groups in total. The van der Waals surface area contributed by atoms with Crippen LogP contribution in [0, 0.1) is 28.4 Å². The van der Waals surface area contributed by atoms with Gasteiger partial charge in [-0.15, -0.1) is 0 Å². The summed E-state index contributed by atoms with van der Waals surface area (Å²) in [6.07, 6.45) is 0.439. The van der Waals surface area contributed by atoms with Gasteiger partial charge in [0.15, 0.2) is 5.82 Å². The fraction of sp³-hybridized carbons (Fsp3) is 0.250. The topological polar surface area (TPSA) is 118 Å². The molecule has 0 atom stereocenters. The molecule has 0 aliphatic carbocycles. The Labute approximate surface area is 114 Å². The van der Waals surface area contributed by atoms with E-state index in [4.69, 9.17) is 9.78 Å². The number of hydrogen-bond donors (Lipinski definition) is 1. The molecule has 0 spiro atoms. The minimum absolute atomic E-state index is 0.0219. The number of nitrogens with zero attached hydrogens (tertiary/aromatic N) is 4. The monoisotopic (exact) mass is 273 g/mol. The molecule has 0 unspecified atom stereocenters. The number of para-hydroxylation sites is 1. The lowest BCUT2D eigenvalue weighted by molar-refractivity contribution is -0.384. The van der Waals surface area contributed by atoms with Crippen molar-refractivity contribution >= 4 is 11.4 Å². The standard InChI is InChI=1S/C12H11N5O3/c1-8-15-11(20-16-8)5-6-14-10-4-2-3-9(7-13)12(10)17(18)19/h2-4,14H,5-6H2,1H3. The summed E-state index contributed by atoms with van der Waals surface area (Å²) in [5.74, 6) is 0.992. The largest absolute Gasteiger partial charge is 0.379 e. The number of rotatable bonds is 5. The molecule has 1 aromatic carbocycles. The fourth-order valence-electron chi connectivity index (χ4n) is 1.72. The van der Waals surface area contributed by atoms with Crippen LogP contribution in [0.5, 0.6) is 0 Å². The summed E-state index contributed by atoms with van der Waals surface area (Å²) >= 11 is 0. The van der Waals surface area contributed by atoms with Crippen molar-refractivity contribution in [2.75, 3.05) is 11.9 Å². The molecule has 0 saturated heterocycles. The molecule has 0 bridgehead atoms. The van der Waals surface area contributed by atoms with E-state index in [1.807, 2.05) is 0 Å². The molecule has 0 amide bonds. The van der Waals surface area contributed by atoms with Crippen LogP contribution < -0.4 is 5.32 Å². The number of nitro benzene ring substituents is 1. The van der Waals surface area contributed by atoms with Gasteiger partial charge in [-0.05, 0) is 19.1 Å². The number of aryl methyl sites for hydroxylation is 1. The van der Waals surface area contributed by atoms with Crippen molar-refractivity contribution in [1.82, 2.24) is 10.1 Å². The summed E-state index contributed by atoms with van der Waals surface area (Å²) in [4.78, 5) is 14.5. The number of anilines is 1. The Morgan fingerprint density at radius 1 is 1.55 bits per heavy atom. The van der Waals surface area contributed by atoms with E-state index in [-0.39, 0.29) is 11.3 Å². The highest BCUT2D eigenvalue weighted by molar-refractivity contribution is 5.68. The molecular weight excluding hydrogens is 262 g/mol. The minimum Gasteiger partial charge on any atom is -0.379 e. The van der Waals surface area contributed by atoms with Crippen LogP contribution in [-0.2, 0) is 6.42 Å². The second-order valence-corrected chi connectivity index (χ2v) is 3.98. The SMILES string of the molecule is Cc1noc(CCNc2cccc(C#N)c2[N+](=O)[O-])n1. The second kappa shape index (κ2) is 5.79. The number of benzene rings is 1. The van der Waals surface area contributed by atoms with Crippen LogP contribution in [0.4, 0.5) is 11.4 Å². The van der Waals surface area contributed by atoms with Gasteiger partial charge in [0.1, 0.15) is 17.3 Å². The molecule has 20 heavy (non-hydrogen) atoms. The maximum Gasteiger partial charge on any atom is 0.309 e. The third kappa shape index (κ3) is 2.89. The van der Waals surface area contributed by atoms with E-state index in [9.17, 15) is 10.1 Å². The van der Waals surface area contributed by atoms with E-state index in [2.05, 4.69) is 15.5 Å². The van der Waals surface area contributed by atoms with Crippen molar-refractivity contribution in [3.63, 3.8) is 0 Å². The van der Waals surface area contributed by atoms with Gasteiger partial charge >= 0.3 is 5.69 Å². The van der Waals surface area contributed by atoms with Crippen molar-refractivity contribution in [2.45, 2.75) is 13.3 Å². The Balaban J connectivity index is 2.10. The molecule has 0 aliphatic heterocycles. The van der Waals surface area contributed by atoms with E-state index in [1.54, 1.807) is 25.1 Å². The molecule has 2 aromatic rings. The zero-order valence-corrected chi connectivity index (χ0v) is 10.7. The van der Waals surface area contributed by atoms with E-state index < -0.39 is 4.92 Å². The van der Waals surface area contributed by atoms with E-state index in [0.717, 1.165) is 0 Å². The van der Waals surface area contributed by atoms with Crippen LogP contribution in [0.1, 0.15) is 17.3 Å². The number of aromatic nitrogens is 2. The number of nitrogens with one attached hydrogen (secondary N) is 1. The Morgan fingerprint density at radius 2 is 2.35 bits per heavy atom. The van der Waals surface area contributed by atoms with Gasteiger partial charge in [0, 0.05) is 13.0 Å². The lowest BCUT2D eigenvalue weighted by Crippen LogP contribution is -2.08. The van der Waals surface area contributed by atoms with E-state index in [0.29, 0.717) is 30.4 Å². The van der Waals surface area contributed by atoms with Crippen LogP contribution in [0.3, 0.4) is 0 Å². The molecule has 0 fully saturated rings. The predicted octanol–water partition coefficient (Wildman–Crippen LogP) is 1.81. The Bertz CT molecular complexity index is 674. The predicted molar refractivity (Wildman–Crippen MR) is 69.0 cm³/mol. The molecule has 102 valence electrons. The van der Waals surface area contributed by atoms with E-state index in [1.165, 1.54) is 6.07 Å². The molecule has 0 aliphatic rings. The second-order valence-electron chi connectivity index (χ2n) is 3.98. The molecule has 0 radical (unpaired) electrons. The van der Waals surface area contributed by atoms with Crippen molar-refractivity contribution in [3.8, 4) is 6.07 Å². The first-order valence-corrected chi connectivity index (χ1v) is 5.82. The summed E-state index contributed by atoms with van der Waals surface area (Å²) in [7, 11) is 0. The quantitative estimate of drug-likeness (QED) is 0.651. The maximum atomic E-state index is 11.0. The summed E-state index contributed by atoms with van der Waals surface area (Å²) in [5.41, 5.74) is 0.0932. The Hall–Kier alpha value is -2.95. The molecule has 0 saturated carbocycles. The van der Waals surface area contributed by atoms with Crippen LogP contribution in [-0.4, -0.2) is 21.6 Å². The number of nitro groups is 1. The van der Waals surface area contributed by atoms with Crippen LogP contribution >= 0.6 is 0 Å². The number of hydrogen-bond acceptors (Lipinski definition) is 7. The molecule has 2 rings (SSSR count). The van der Waals surface area contributed by atoms with Crippen LogP contribution in [0.2, 0.25) is 0 Å². The maximum absolute atomic E-state index is 11.0. The third-order valence-corrected chi connectivity index (χ3v) is 2.56. The van der Waals surface area contributed by atoms with Crippen molar-refractivity contribution < 1.29 is 9.45 Å². The summed E-state index contributed by atoms with van der Waals surface area (Å²) in [6, 6.07) is 6.36. The van der Waals surface area contributed by atoms with Crippen molar-refractivity contribution in [3.05, 3.63) is 45.6 Å². The first-order chi connectivity index (χ1) is 9.61. The van der Waals surface area contributed by atoms with Gasteiger partial charge < -0.3 is 9.84 Å².